The first-order chi connectivity index (χ1) is 9.79. The first-order valence-electron chi connectivity index (χ1n) is 6.29. The summed E-state index contributed by atoms with van der Waals surface area (Å²) >= 11 is 6.72. The molecule has 21 heavy (non-hydrogen) atoms. The maximum atomic E-state index is 12.0. The van der Waals surface area contributed by atoms with Crippen LogP contribution in [-0.4, -0.2) is 20.1 Å². The summed E-state index contributed by atoms with van der Waals surface area (Å²) < 4.78 is 32.3. The average Bonchev–Trinajstić information content (AvgIpc) is 2.95. The summed E-state index contributed by atoms with van der Waals surface area (Å²) in [5.41, 5.74) is 0.686. The van der Waals surface area contributed by atoms with Crippen molar-refractivity contribution in [2.24, 2.45) is 0 Å². The lowest BCUT2D eigenvalue weighted by Crippen LogP contribution is -2.25. The number of hydrogen-bond acceptors (Lipinski definition) is 5. The van der Waals surface area contributed by atoms with Crippen molar-refractivity contribution in [1.29, 1.82) is 0 Å². The van der Waals surface area contributed by atoms with Gasteiger partial charge in [-0.25, -0.2) is 13.1 Å². The van der Waals surface area contributed by atoms with Crippen molar-refractivity contribution < 1.29 is 17.9 Å². The minimum Gasteiger partial charge on any atom is -0.466 e. The molecule has 0 aliphatic heterocycles. The van der Waals surface area contributed by atoms with E-state index in [0.29, 0.717) is 15.7 Å². The second-order valence-corrected chi connectivity index (χ2v) is 8.34. The maximum Gasteiger partial charge on any atom is 0.250 e. The smallest absolute Gasteiger partial charge is 0.250 e. The van der Waals surface area contributed by atoms with E-state index in [1.54, 1.807) is 19.9 Å². The predicted molar refractivity (Wildman–Crippen MR) is 82.3 cm³/mol. The third kappa shape index (κ3) is 4.08. The number of aliphatic hydroxyl groups excluding tert-OH is 1. The van der Waals surface area contributed by atoms with Crippen LogP contribution in [0.3, 0.4) is 0 Å². The van der Waals surface area contributed by atoms with E-state index in [-0.39, 0.29) is 17.2 Å². The molecular weight excluding hydrogens is 334 g/mol. The summed E-state index contributed by atoms with van der Waals surface area (Å²) in [6.07, 6.45) is -0.505. The molecule has 0 bridgehead atoms. The molecule has 2 aromatic heterocycles. The Balaban J connectivity index is 1.93. The van der Waals surface area contributed by atoms with Gasteiger partial charge in [0.05, 0.1) is 10.4 Å². The number of aryl methyl sites for hydroxylation is 2. The molecule has 0 amide bonds. The summed E-state index contributed by atoms with van der Waals surface area (Å²) in [6, 6.07) is 4.75. The number of hydrogen-bond donors (Lipinski definition) is 2. The Bertz CT molecular complexity index is 720. The summed E-state index contributed by atoms with van der Waals surface area (Å²) in [7, 11) is -3.57. The van der Waals surface area contributed by atoms with Crippen LogP contribution in [0.15, 0.2) is 26.8 Å². The van der Waals surface area contributed by atoms with Gasteiger partial charge in [-0.2, -0.15) is 0 Å². The highest BCUT2D eigenvalue weighted by Crippen LogP contribution is 2.26. The number of rotatable bonds is 6. The van der Waals surface area contributed by atoms with Crippen LogP contribution in [0.4, 0.5) is 0 Å². The largest absolute Gasteiger partial charge is 0.466 e. The van der Waals surface area contributed by atoms with Crippen LogP contribution < -0.4 is 4.72 Å². The van der Waals surface area contributed by atoms with Crippen molar-refractivity contribution in [3.63, 3.8) is 0 Å². The monoisotopic (exact) mass is 349 g/mol. The molecule has 2 N–H and O–H groups in total. The number of nitrogens with one attached hydrogen (secondary N) is 1. The first-order valence-corrected chi connectivity index (χ1v) is 8.97. The Kier molecular flexibility index (Phi) is 5.11. The maximum absolute atomic E-state index is 12.0. The fraction of sp³-hybridized carbons (Fsp3) is 0.385. The number of aliphatic hydroxyl groups is 1. The third-order valence-corrected chi connectivity index (χ3v) is 6.15. The lowest BCUT2D eigenvalue weighted by atomic mass is 10.1. The zero-order valence-corrected chi connectivity index (χ0v) is 14.0. The predicted octanol–water partition coefficient (Wildman–Crippen LogP) is 3.01. The molecule has 8 heteroatoms. The molecule has 5 nitrogen and oxygen atoms in total. The van der Waals surface area contributed by atoms with Gasteiger partial charge >= 0.3 is 0 Å². The Morgan fingerprint density at radius 3 is 2.67 bits per heavy atom. The fourth-order valence-electron chi connectivity index (χ4n) is 1.98. The molecule has 2 aromatic rings. The zero-order chi connectivity index (χ0) is 15.6. The van der Waals surface area contributed by atoms with Gasteiger partial charge in [0.1, 0.15) is 15.7 Å². The van der Waals surface area contributed by atoms with Gasteiger partial charge in [0.2, 0.25) is 10.0 Å². The highest BCUT2D eigenvalue weighted by molar-refractivity contribution is 7.91. The van der Waals surface area contributed by atoms with Gasteiger partial charge < -0.3 is 9.52 Å². The van der Waals surface area contributed by atoms with Crippen molar-refractivity contribution in [1.82, 2.24) is 4.72 Å². The molecule has 0 saturated heterocycles. The average molecular weight is 350 g/mol. The van der Waals surface area contributed by atoms with E-state index in [4.69, 9.17) is 16.0 Å². The van der Waals surface area contributed by atoms with E-state index < -0.39 is 16.1 Å². The van der Waals surface area contributed by atoms with Crippen molar-refractivity contribution in [2.75, 3.05) is 6.54 Å². The van der Waals surface area contributed by atoms with Crippen LogP contribution in [0.2, 0.25) is 4.34 Å². The minimum atomic E-state index is -3.57. The molecule has 0 saturated carbocycles. The number of thiophene rings is 1. The van der Waals surface area contributed by atoms with Crippen molar-refractivity contribution in [2.45, 2.75) is 30.6 Å². The molecule has 0 fully saturated rings. The summed E-state index contributed by atoms with van der Waals surface area (Å²) in [6.45, 7) is 3.69. The van der Waals surface area contributed by atoms with Crippen molar-refractivity contribution in [3.05, 3.63) is 39.6 Å². The molecule has 0 radical (unpaired) electrons. The molecule has 0 spiro atoms. The third-order valence-electron chi connectivity index (χ3n) is 2.96. The SMILES string of the molecule is Cc1cc(C(O)CCNS(=O)(=O)c2ccc(Cl)s2)c(C)o1. The van der Waals surface area contributed by atoms with E-state index in [1.807, 2.05) is 0 Å². The number of sulfonamides is 1. The second-order valence-electron chi connectivity index (χ2n) is 4.63. The highest BCUT2D eigenvalue weighted by atomic mass is 35.5. The Labute approximate surface area is 132 Å². The van der Waals surface area contributed by atoms with Crippen molar-refractivity contribution >= 4 is 33.0 Å². The van der Waals surface area contributed by atoms with Crippen LogP contribution in [-0.2, 0) is 10.0 Å². The molecule has 2 heterocycles. The Morgan fingerprint density at radius 2 is 2.14 bits per heavy atom. The summed E-state index contributed by atoms with van der Waals surface area (Å²) in [4.78, 5) is 0. The van der Waals surface area contributed by atoms with Gasteiger partial charge in [0.25, 0.3) is 0 Å². The molecule has 1 atom stereocenters. The van der Waals surface area contributed by atoms with Crippen LogP contribution in [0, 0.1) is 13.8 Å². The Hall–Kier alpha value is -0.860. The number of halogens is 1. The lowest BCUT2D eigenvalue weighted by molar-refractivity contribution is 0.167. The van der Waals surface area contributed by atoms with Gasteiger partial charge in [-0.3, -0.25) is 0 Å². The standard InChI is InChI=1S/C13H16ClNO4S2/c1-8-7-10(9(2)19-8)11(16)5-6-15-21(17,18)13-4-3-12(14)20-13/h3-4,7,11,15-16H,5-6H2,1-2H3. The van der Waals surface area contributed by atoms with E-state index in [0.717, 1.165) is 17.1 Å². The first kappa shape index (κ1) is 16.5. The highest BCUT2D eigenvalue weighted by Gasteiger charge is 2.18. The zero-order valence-electron chi connectivity index (χ0n) is 11.6. The lowest BCUT2D eigenvalue weighted by Gasteiger charge is -2.10. The van der Waals surface area contributed by atoms with Gasteiger partial charge in [0, 0.05) is 12.1 Å². The second kappa shape index (κ2) is 6.50. The van der Waals surface area contributed by atoms with Gasteiger partial charge in [-0.05, 0) is 38.5 Å². The van der Waals surface area contributed by atoms with E-state index >= 15 is 0 Å². The Morgan fingerprint density at radius 1 is 1.43 bits per heavy atom. The van der Waals surface area contributed by atoms with Gasteiger partial charge in [-0.1, -0.05) is 11.6 Å². The van der Waals surface area contributed by atoms with Gasteiger partial charge in [-0.15, -0.1) is 11.3 Å². The topological polar surface area (TPSA) is 79.5 Å². The fourth-order valence-corrected chi connectivity index (χ4v) is 4.56. The molecule has 0 aliphatic rings. The van der Waals surface area contributed by atoms with Crippen LogP contribution in [0.5, 0.6) is 0 Å². The quantitative estimate of drug-likeness (QED) is 0.840. The van der Waals surface area contributed by atoms with E-state index in [9.17, 15) is 13.5 Å². The molecule has 0 aliphatic carbocycles. The summed E-state index contributed by atoms with van der Waals surface area (Å²) in [5.74, 6) is 1.36. The van der Waals surface area contributed by atoms with Crippen LogP contribution in [0.25, 0.3) is 0 Å². The number of furan rings is 1. The normalized spacial score (nSPS) is 13.5. The minimum absolute atomic E-state index is 0.128. The molecule has 0 aromatic carbocycles. The van der Waals surface area contributed by atoms with Gasteiger partial charge in [0.15, 0.2) is 0 Å². The molecule has 116 valence electrons. The van der Waals surface area contributed by atoms with Crippen LogP contribution in [0.1, 0.15) is 29.6 Å². The van der Waals surface area contributed by atoms with Crippen LogP contribution >= 0.6 is 22.9 Å². The summed E-state index contributed by atoms with van der Waals surface area (Å²) in [5, 5.41) is 10.1. The molecule has 1 unspecified atom stereocenters. The molecule has 2 rings (SSSR count). The van der Waals surface area contributed by atoms with Crippen molar-refractivity contribution in [3.8, 4) is 0 Å². The van der Waals surface area contributed by atoms with E-state index in [2.05, 4.69) is 4.72 Å². The molecular formula is C13H16ClNO4S2. The van der Waals surface area contributed by atoms with E-state index in [1.165, 1.54) is 12.1 Å².